The first kappa shape index (κ1) is 14.5. The van der Waals surface area contributed by atoms with Crippen molar-refractivity contribution < 1.29 is 5.11 Å². The van der Waals surface area contributed by atoms with Crippen molar-refractivity contribution in [2.45, 2.75) is 26.2 Å². The Hall–Kier alpha value is -0.880. The van der Waals surface area contributed by atoms with Crippen molar-refractivity contribution in [2.24, 2.45) is 0 Å². The first-order valence-electron chi connectivity index (χ1n) is 5.82. The molecule has 100 valence electrons. The summed E-state index contributed by atoms with van der Waals surface area (Å²) >= 11 is 8.36. The molecular formula is C14H14ClIN2O. The highest BCUT2D eigenvalue weighted by Gasteiger charge is 2.23. The summed E-state index contributed by atoms with van der Waals surface area (Å²) in [5.41, 5.74) is 1.55. The van der Waals surface area contributed by atoms with Crippen LogP contribution in [0, 0.1) is 3.57 Å². The fraction of sp³-hybridized carbons (Fsp3) is 0.286. The lowest BCUT2D eigenvalue weighted by Gasteiger charge is -2.20. The van der Waals surface area contributed by atoms with E-state index in [4.69, 9.17) is 11.6 Å². The smallest absolute Gasteiger partial charge is 0.161 e. The molecule has 5 heteroatoms. The molecule has 2 aromatic rings. The summed E-state index contributed by atoms with van der Waals surface area (Å²) in [6, 6.07) is 6.86. The Morgan fingerprint density at radius 2 is 1.89 bits per heavy atom. The average molecular weight is 389 g/mol. The molecule has 0 aliphatic carbocycles. The quantitative estimate of drug-likeness (QED) is 0.581. The van der Waals surface area contributed by atoms with Gasteiger partial charge in [-0.05, 0) is 34.7 Å². The van der Waals surface area contributed by atoms with Crippen molar-refractivity contribution in [1.82, 2.24) is 9.97 Å². The molecule has 0 radical (unpaired) electrons. The van der Waals surface area contributed by atoms with E-state index in [-0.39, 0.29) is 11.2 Å². The number of aromatic nitrogens is 2. The zero-order chi connectivity index (χ0) is 14.2. The topological polar surface area (TPSA) is 46.0 Å². The summed E-state index contributed by atoms with van der Waals surface area (Å²) in [7, 11) is 0. The molecule has 3 nitrogen and oxygen atoms in total. The number of phenolic OH excluding ortho intramolecular Hbond substituents is 1. The van der Waals surface area contributed by atoms with Gasteiger partial charge in [0, 0.05) is 11.0 Å². The maximum atomic E-state index is 9.54. The molecule has 1 N–H and O–H groups in total. The zero-order valence-electron chi connectivity index (χ0n) is 10.9. The van der Waals surface area contributed by atoms with Gasteiger partial charge in [-0.3, -0.25) is 0 Å². The summed E-state index contributed by atoms with van der Waals surface area (Å²) in [4.78, 5) is 8.90. The lowest BCUT2D eigenvalue weighted by Crippen LogP contribution is -2.17. The van der Waals surface area contributed by atoms with Gasteiger partial charge in [-0.15, -0.1) is 0 Å². The number of hydrogen-bond donors (Lipinski definition) is 1. The van der Waals surface area contributed by atoms with E-state index in [0.29, 0.717) is 11.0 Å². The van der Waals surface area contributed by atoms with Crippen LogP contribution in [0.3, 0.4) is 0 Å². The van der Waals surface area contributed by atoms with E-state index in [2.05, 4.69) is 53.3 Å². The van der Waals surface area contributed by atoms with Crippen LogP contribution >= 0.6 is 34.2 Å². The summed E-state index contributed by atoms with van der Waals surface area (Å²) in [5, 5.41) is 9.98. The Labute approximate surface area is 131 Å². The number of phenols is 1. The van der Waals surface area contributed by atoms with Gasteiger partial charge in [0.2, 0.25) is 0 Å². The van der Waals surface area contributed by atoms with Gasteiger partial charge in [0.25, 0.3) is 0 Å². The van der Waals surface area contributed by atoms with Crippen molar-refractivity contribution >= 4 is 34.2 Å². The molecule has 0 saturated heterocycles. The average Bonchev–Trinajstić information content (AvgIpc) is 2.31. The molecule has 0 saturated carbocycles. The summed E-state index contributed by atoms with van der Waals surface area (Å²) in [6.45, 7) is 6.25. The highest BCUT2D eigenvalue weighted by Crippen LogP contribution is 2.31. The molecule has 1 aromatic carbocycles. The number of rotatable bonds is 1. The molecule has 0 atom stereocenters. The van der Waals surface area contributed by atoms with Crippen molar-refractivity contribution in [3.8, 4) is 17.1 Å². The van der Waals surface area contributed by atoms with Crippen LogP contribution in [0.15, 0.2) is 24.3 Å². The molecule has 0 bridgehead atoms. The fourth-order valence-corrected chi connectivity index (χ4v) is 2.91. The predicted molar refractivity (Wildman–Crippen MR) is 85.6 cm³/mol. The van der Waals surface area contributed by atoms with Gasteiger partial charge in [0.15, 0.2) is 5.82 Å². The van der Waals surface area contributed by atoms with Gasteiger partial charge < -0.3 is 5.11 Å². The van der Waals surface area contributed by atoms with Gasteiger partial charge in [0.1, 0.15) is 10.9 Å². The first-order chi connectivity index (χ1) is 8.79. The lowest BCUT2D eigenvalue weighted by molar-refractivity contribution is 0.475. The van der Waals surface area contributed by atoms with Crippen LogP contribution in [0.1, 0.15) is 26.5 Å². The Kier molecular flexibility index (Phi) is 4.01. The molecule has 0 aliphatic rings. The zero-order valence-corrected chi connectivity index (χ0v) is 13.8. The Bertz CT molecular complexity index is 623. The maximum Gasteiger partial charge on any atom is 0.161 e. The Balaban J connectivity index is 2.63. The SMILES string of the molecule is CC(C)(C)c1nc(-c2cccc(O)c2)nc(Cl)c1I. The second-order valence-corrected chi connectivity index (χ2v) is 6.74. The first-order valence-corrected chi connectivity index (χ1v) is 7.27. The van der Waals surface area contributed by atoms with Gasteiger partial charge >= 0.3 is 0 Å². The molecule has 19 heavy (non-hydrogen) atoms. The number of halogens is 2. The second kappa shape index (κ2) is 5.25. The van der Waals surface area contributed by atoms with E-state index in [1.807, 2.05) is 6.07 Å². The standard InChI is InChI=1S/C14H14ClIN2O/c1-14(2,3)11-10(16)12(15)18-13(17-11)8-5-4-6-9(19)7-8/h4-7,19H,1-3H3. The van der Waals surface area contributed by atoms with Crippen LogP contribution in [0.2, 0.25) is 5.15 Å². The van der Waals surface area contributed by atoms with E-state index in [1.54, 1.807) is 18.2 Å². The Morgan fingerprint density at radius 3 is 2.47 bits per heavy atom. The summed E-state index contributed by atoms with van der Waals surface area (Å²) < 4.78 is 0.871. The van der Waals surface area contributed by atoms with E-state index in [1.165, 1.54) is 0 Å². The third-order valence-electron chi connectivity index (χ3n) is 2.63. The van der Waals surface area contributed by atoms with Crippen molar-refractivity contribution in [2.75, 3.05) is 0 Å². The van der Waals surface area contributed by atoms with Crippen molar-refractivity contribution in [3.05, 3.63) is 38.7 Å². The number of aromatic hydroxyl groups is 1. The Morgan fingerprint density at radius 1 is 1.21 bits per heavy atom. The van der Waals surface area contributed by atoms with Crippen molar-refractivity contribution in [3.63, 3.8) is 0 Å². The molecule has 2 rings (SSSR count). The number of hydrogen-bond acceptors (Lipinski definition) is 3. The van der Waals surface area contributed by atoms with Crippen LogP contribution in [0.4, 0.5) is 0 Å². The third kappa shape index (κ3) is 3.17. The lowest BCUT2D eigenvalue weighted by atomic mass is 9.92. The minimum absolute atomic E-state index is 0.116. The molecule has 0 aliphatic heterocycles. The largest absolute Gasteiger partial charge is 0.508 e. The molecule has 0 spiro atoms. The molecular weight excluding hydrogens is 375 g/mol. The molecule has 0 unspecified atom stereocenters. The summed E-state index contributed by atoms with van der Waals surface area (Å²) in [5.74, 6) is 0.722. The summed E-state index contributed by atoms with van der Waals surface area (Å²) in [6.07, 6.45) is 0. The number of benzene rings is 1. The van der Waals surface area contributed by atoms with Crippen LogP contribution in [-0.2, 0) is 5.41 Å². The normalized spacial score (nSPS) is 11.6. The highest BCUT2D eigenvalue weighted by atomic mass is 127. The molecule has 0 amide bonds. The molecule has 1 aromatic heterocycles. The van der Waals surface area contributed by atoms with Crippen LogP contribution in [0.25, 0.3) is 11.4 Å². The second-order valence-electron chi connectivity index (χ2n) is 5.30. The molecule has 1 heterocycles. The van der Waals surface area contributed by atoms with E-state index in [0.717, 1.165) is 14.8 Å². The number of nitrogens with zero attached hydrogens (tertiary/aromatic N) is 2. The minimum atomic E-state index is -0.116. The van der Waals surface area contributed by atoms with Gasteiger partial charge in [-0.1, -0.05) is 44.5 Å². The third-order valence-corrected chi connectivity index (χ3v) is 4.24. The van der Waals surface area contributed by atoms with E-state index < -0.39 is 0 Å². The monoisotopic (exact) mass is 388 g/mol. The minimum Gasteiger partial charge on any atom is -0.508 e. The van der Waals surface area contributed by atoms with E-state index in [9.17, 15) is 5.11 Å². The van der Waals surface area contributed by atoms with Gasteiger partial charge in [-0.2, -0.15) is 0 Å². The van der Waals surface area contributed by atoms with Crippen LogP contribution < -0.4 is 0 Å². The molecule has 0 fully saturated rings. The van der Waals surface area contributed by atoms with E-state index >= 15 is 0 Å². The van der Waals surface area contributed by atoms with Crippen LogP contribution in [0.5, 0.6) is 5.75 Å². The maximum absolute atomic E-state index is 9.54. The van der Waals surface area contributed by atoms with Gasteiger partial charge in [-0.25, -0.2) is 9.97 Å². The fourth-order valence-electron chi connectivity index (χ4n) is 1.69. The highest BCUT2D eigenvalue weighted by molar-refractivity contribution is 14.1. The predicted octanol–water partition coefficient (Wildman–Crippen LogP) is 4.40. The van der Waals surface area contributed by atoms with Crippen LogP contribution in [-0.4, -0.2) is 15.1 Å². The van der Waals surface area contributed by atoms with Gasteiger partial charge in [0.05, 0.1) is 9.26 Å². The van der Waals surface area contributed by atoms with Crippen molar-refractivity contribution in [1.29, 1.82) is 0 Å².